The maximum absolute atomic E-state index is 12.3. The summed E-state index contributed by atoms with van der Waals surface area (Å²) in [6.07, 6.45) is 4.22. The second kappa shape index (κ2) is 6.80. The van der Waals surface area contributed by atoms with E-state index in [9.17, 15) is 4.79 Å². The fourth-order valence-electron chi connectivity index (χ4n) is 2.53. The molecule has 0 saturated heterocycles. The second-order valence-electron chi connectivity index (χ2n) is 4.88. The molecule has 0 aromatic heterocycles. The molecule has 1 aromatic carbocycles. The van der Waals surface area contributed by atoms with Gasteiger partial charge in [-0.1, -0.05) is 12.8 Å². The summed E-state index contributed by atoms with van der Waals surface area (Å²) < 4.78 is 5.08. The number of carbonyl (C=O) groups is 1. The van der Waals surface area contributed by atoms with Crippen LogP contribution in [0.4, 0.5) is 10.5 Å². The van der Waals surface area contributed by atoms with Crippen molar-refractivity contribution in [2.24, 2.45) is 0 Å². The van der Waals surface area contributed by atoms with Crippen molar-refractivity contribution in [2.75, 3.05) is 19.0 Å². The molecule has 2 amide bonds. The fraction of sp³-hybridized carbons (Fsp3) is 0.467. The van der Waals surface area contributed by atoms with Gasteiger partial charge in [0.15, 0.2) is 0 Å². The summed E-state index contributed by atoms with van der Waals surface area (Å²) in [4.78, 5) is 13.9. The van der Waals surface area contributed by atoms with E-state index in [1.807, 2.05) is 0 Å². The van der Waals surface area contributed by atoms with Crippen LogP contribution in [0.25, 0.3) is 0 Å². The van der Waals surface area contributed by atoms with E-state index >= 15 is 0 Å². The highest BCUT2D eigenvalue weighted by molar-refractivity contribution is 5.89. The third-order valence-electron chi connectivity index (χ3n) is 3.61. The number of carbonyl (C=O) groups excluding carboxylic acids is 1. The van der Waals surface area contributed by atoms with Gasteiger partial charge in [0.05, 0.1) is 13.2 Å². The van der Waals surface area contributed by atoms with E-state index in [2.05, 4.69) is 11.4 Å². The first-order valence-electron chi connectivity index (χ1n) is 6.83. The lowest BCUT2D eigenvalue weighted by Crippen LogP contribution is -2.41. The number of methoxy groups -OCH3 is 1. The van der Waals surface area contributed by atoms with Gasteiger partial charge in [-0.15, -0.1) is 0 Å². The predicted octanol–water partition coefficient (Wildman–Crippen LogP) is 3.00. The minimum Gasteiger partial charge on any atom is -0.497 e. The Kier molecular flexibility index (Phi) is 4.83. The topological polar surface area (TPSA) is 65.4 Å². The summed E-state index contributed by atoms with van der Waals surface area (Å²) >= 11 is 0. The summed E-state index contributed by atoms with van der Waals surface area (Å²) in [5, 5.41) is 11.7. The highest BCUT2D eigenvalue weighted by Gasteiger charge is 2.26. The van der Waals surface area contributed by atoms with Gasteiger partial charge in [0.25, 0.3) is 0 Å². The first-order chi connectivity index (χ1) is 9.74. The van der Waals surface area contributed by atoms with Crippen LogP contribution in [-0.2, 0) is 0 Å². The molecule has 1 saturated carbocycles. The largest absolute Gasteiger partial charge is 0.497 e. The van der Waals surface area contributed by atoms with Crippen LogP contribution in [0.2, 0.25) is 0 Å². The summed E-state index contributed by atoms with van der Waals surface area (Å²) in [5.74, 6) is 0.743. The van der Waals surface area contributed by atoms with Crippen molar-refractivity contribution in [3.05, 3.63) is 24.3 Å². The molecule has 1 N–H and O–H groups in total. The van der Waals surface area contributed by atoms with Gasteiger partial charge in [-0.3, -0.25) is 0 Å². The standard InChI is InChI=1S/C15H19N3O2/c1-20-14-8-6-12(7-9-14)17-15(19)18(11-10-16)13-4-2-3-5-13/h6-9,13H,2-5,11H2,1H3,(H,17,19). The minimum absolute atomic E-state index is 0.132. The lowest BCUT2D eigenvalue weighted by Gasteiger charge is -2.26. The predicted molar refractivity (Wildman–Crippen MR) is 76.6 cm³/mol. The molecule has 20 heavy (non-hydrogen) atoms. The van der Waals surface area contributed by atoms with Gasteiger partial charge in [-0.2, -0.15) is 5.26 Å². The van der Waals surface area contributed by atoms with Crippen LogP contribution >= 0.6 is 0 Å². The molecule has 0 heterocycles. The van der Waals surface area contributed by atoms with E-state index in [0.29, 0.717) is 5.69 Å². The van der Waals surface area contributed by atoms with Gasteiger partial charge >= 0.3 is 6.03 Å². The Labute approximate surface area is 119 Å². The van der Waals surface area contributed by atoms with Gasteiger partial charge in [0.2, 0.25) is 0 Å². The van der Waals surface area contributed by atoms with Crippen molar-refractivity contribution in [2.45, 2.75) is 31.7 Å². The maximum atomic E-state index is 12.3. The highest BCUT2D eigenvalue weighted by atomic mass is 16.5. The average molecular weight is 273 g/mol. The SMILES string of the molecule is COc1ccc(NC(=O)N(CC#N)C2CCCC2)cc1. The molecular formula is C15H19N3O2. The smallest absolute Gasteiger partial charge is 0.322 e. The number of anilines is 1. The zero-order valence-electron chi connectivity index (χ0n) is 11.6. The second-order valence-corrected chi connectivity index (χ2v) is 4.88. The van der Waals surface area contributed by atoms with Crippen LogP contribution in [0.3, 0.4) is 0 Å². The fourth-order valence-corrected chi connectivity index (χ4v) is 2.53. The first-order valence-corrected chi connectivity index (χ1v) is 6.83. The average Bonchev–Trinajstić information content (AvgIpc) is 2.99. The Morgan fingerprint density at radius 3 is 2.60 bits per heavy atom. The number of ether oxygens (including phenoxy) is 1. The Morgan fingerprint density at radius 1 is 1.40 bits per heavy atom. The molecule has 2 rings (SSSR count). The van der Waals surface area contributed by atoms with Crippen LogP contribution in [0.15, 0.2) is 24.3 Å². The van der Waals surface area contributed by atoms with E-state index in [4.69, 9.17) is 10.00 Å². The van der Waals surface area contributed by atoms with Crippen molar-refractivity contribution >= 4 is 11.7 Å². The number of urea groups is 1. The van der Waals surface area contributed by atoms with Crippen LogP contribution in [-0.4, -0.2) is 30.6 Å². The molecule has 5 nitrogen and oxygen atoms in total. The quantitative estimate of drug-likeness (QED) is 0.858. The number of nitrogens with zero attached hydrogens (tertiary/aromatic N) is 2. The molecule has 106 valence electrons. The Morgan fingerprint density at radius 2 is 2.05 bits per heavy atom. The van der Waals surface area contributed by atoms with Gasteiger partial charge in [-0.05, 0) is 37.1 Å². The highest BCUT2D eigenvalue weighted by Crippen LogP contribution is 2.24. The first kappa shape index (κ1) is 14.2. The molecule has 1 fully saturated rings. The van der Waals surface area contributed by atoms with Crippen molar-refractivity contribution in [3.8, 4) is 11.8 Å². The van der Waals surface area contributed by atoms with Gasteiger partial charge in [0.1, 0.15) is 12.3 Å². The van der Waals surface area contributed by atoms with Crippen molar-refractivity contribution < 1.29 is 9.53 Å². The van der Waals surface area contributed by atoms with Crippen molar-refractivity contribution in [3.63, 3.8) is 0 Å². The molecule has 1 aliphatic rings. The Bertz CT molecular complexity index is 487. The summed E-state index contributed by atoms with van der Waals surface area (Å²) in [6.45, 7) is 0.132. The van der Waals surface area contributed by atoms with E-state index < -0.39 is 0 Å². The van der Waals surface area contributed by atoms with Crippen molar-refractivity contribution in [1.29, 1.82) is 5.26 Å². The van der Waals surface area contributed by atoms with Crippen molar-refractivity contribution in [1.82, 2.24) is 4.90 Å². The van der Waals surface area contributed by atoms with Crippen LogP contribution in [0.1, 0.15) is 25.7 Å². The van der Waals surface area contributed by atoms with E-state index in [1.54, 1.807) is 36.3 Å². The van der Waals surface area contributed by atoms with Crippen LogP contribution in [0.5, 0.6) is 5.75 Å². The van der Waals surface area contributed by atoms with Crippen LogP contribution in [0, 0.1) is 11.3 Å². The number of nitrogens with one attached hydrogen (secondary N) is 1. The third kappa shape index (κ3) is 3.41. The zero-order chi connectivity index (χ0) is 14.4. The zero-order valence-corrected chi connectivity index (χ0v) is 11.6. The molecule has 0 atom stereocenters. The minimum atomic E-state index is -0.205. The lowest BCUT2D eigenvalue weighted by atomic mass is 10.2. The van der Waals surface area contributed by atoms with Gasteiger partial charge in [-0.25, -0.2) is 4.79 Å². The number of hydrogen-bond donors (Lipinski definition) is 1. The summed E-state index contributed by atoms with van der Waals surface area (Å²) in [7, 11) is 1.60. The number of benzene rings is 1. The van der Waals surface area contributed by atoms with Crippen LogP contribution < -0.4 is 10.1 Å². The molecule has 0 unspecified atom stereocenters. The lowest BCUT2D eigenvalue weighted by molar-refractivity contribution is 0.197. The molecule has 0 spiro atoms. The third-order valence-corrected chi connectivity index (χ3v) is 3.61. The monoisotopic (exact) mass is 273 g/mol. The van der Waals surface area contributed by atoms with E-state index in [-0.39, 0.29) is 18.6 Å². The molecule has 0 aliphatic heterocycles. The van der Waals surface area contributed by atoms with E-state index in [0.717, 1.165) is 31.4 Å². The molecule has 0 bridgehead atoms. The Hall–Kier alpha value is -2.22. The molecule has 5 heteroatoms. The normalized spacial score (nSPS) is 14.6. The number of rotatable bonds is 4. The summed E-state index contributed by atoms with van der Waals surface area (Å²) in [6, 6.07) is 9.22. The number of nitriles is 1. The Balaban J connectivity index is 2.01. The van der Waals surface area contributed by atoms with E-state index in [1.165, 1.54) is 0 Å². The summed E-state index contributed by atoms with van der Waals surface area (Å²) in [5.41, 5.74) is 0.705. The van der Waals surface area contributed by atoms with Gasteiger partial charge in [0, 0.05) is 11.7 Å². The molecule has 0 radical (unpaired) electrons. The van der Waals surface area contributed by atoms with Gasteiger partial charge < -0.3 is 15.0 Å². The number of hydrogen-bond acceptors (Lipinski definition) is 3. The molecular weight excluding hydrogens is 254 g/mol. The maximum Gasteiger partial charge on any atom is 0.322 e. The molecule has 1 aromatic rings. The number of amides is 2. The molecule has 1 aliphatic carbocycles.